The molecule has 2 aliphatic heterocycles. The molecule has 1 aromatic carbocycles. The van der Waals surface area contributed by atoms with E-state index in [1.807, 2.05) is 54.8 Å². The first-order valence-electron chi connectivity index (χ1n) is 9.41. The Morgan fingerprint density at radius 3 is 2.38 bits per heavy atom. The molecule has 1 aromatic rings. The van der Waals surface area contributed by atoms with Gasteiger partial charge in [-0.05, 0) is 52.2 Å². The van der Waals surface area contributed by atoms with Crippen LogP contribution in [0.5, 0.6) is 0 Å². The Kier molecular flexibility index (Phi) is 5.12. The number of para-hydroxylation sites is 2. The minimum Gasteiger partial charge on any atom is -0.444 e. The maximum absolute atomic E-state index is 12.8. The highest BCUT2D eigenvalue weighted by Gasteiger charge is 2.37. The van der Waals surface area contributed by atoms with E-state index < -0.39 is 5.60 Å². The second-order valence-electron chi connectivity index (χ2n) is 8.00. The first kappa shape index (κ1) is 18.5. The third kappa shape index (κ3) is 3.79. The molecule has 0 N–H and O–H groups in total. The van der Waals surface area contributed by atoms with Gasteiger partial charge in [-0.2, -0.15) is 0 Å². The van der Waals surface area contributed by atoms with Crippen molar-refractivity contribution in [2.24, 2.45) is 0 Å². The van der Waals surface area contributed by atoms with Gasteiger partial charge in [0, 0.05) is 26.6 Å². The van der Waals surface area contributed by atoms with Gasteiger partial charge in [0.1, 0.15) is 11.8 Å². The molecule has 6 heteroatoms. The van der Waals surface area contributed by atoms with E-state index in [-0.39, 0.29) is 18.2 Å². The largest absolute Gasteiger partial charge is 0.444 e. The van der Waals surface area contributed by atoms with Gasteiger partial charge in [0.15, 0.2) is 0 Å². The van der Waals surface area contributed by atoms with Gasteiger partial charge in [-0.1, -0.05) is 12.1 Å². The van der Waals surface area contributed by atoms with Gasteiger partial charge in [0.2, 0.25) is 5.91 Å². The molecule has 2 aliphatic rings. The van der Waals surface area contributed by atoms with Crippen molar-refractivity contribution < 1.29 is 14.3 Å². The predicted octanol–water partition coefficient (Wildman–Crippen LogP) is 3.61. The van der Waals surface area contributed by atoms with Crippen molar-refractivity contribution in [3.05, 3.63) is 24.3 Å². The van der Waals surface area contributed by atoms with Gasteiger partial charge in [0.05, 0.1) is 11.4 Å². The molecule has 0 saturated carbocycles. The lowest BCUT2D eigenvalue weighted by molar-refractivity contribution is -0.116. The summed E-state index contributed by atoms with van der Waals surface area (Å²) in [6.07, 6.45) is 2.69. The number of hydrogen-bond acceptors (Lipinski definition) is 4. The Morgan fingerprint density at radius 1 is 1.04 bits per heavy atom. The van der Waals surface area contributed by atoms with Crippen LogP contribution in [-0.4, -0.2) is 48.3 Å². The summed E-state index contributed by atoms with van der Waals surface area (Å²) in [4.78, 5) is 30.7. The van der Waals surface area contributed by atoms with Crippen LogP contribution in [0.2, 0.25) is 0 Å². The number of carbonyl (C=O) groups is 2. The highest BCUT2D eigenvalue weighted by atomic mass is 16.6. The second-order valence-corrected chi connectivity index (χ2v) is 8.00. The molecule has 2 heterocycles. The van der Waals surface area contributed by atoms with Crippen LogP contribution >= 0.6 is 0 Å². The summed E-state index contributed by atoms with van der Waals surface area (Å²) >= 11 is 0. The summed E-state index contributed by atoms with van der Waals surface area (Å²) < 4.78 is 5.64. The fourth-order valence-corrected chi connectivity index (χ4v) is 3.79. The number of fused-ring (bicyclic) bond motifs is 1. The zero-order valence-corrected chi connectivity index (χ0v) is 16.2. The molecule has 0 bridgehead atoms. The summed E-state index contributed by atoms with van der Waals surface area (Å²) in [5, 5.41) is 0. The van der Waals surface area contributed by atoms with Crippen molar-refractivity contribution in [2.75, 3.05) is 29.4 Å². The van der Waals surface area contributed by atoms with Crippen LogP contribution in [-0.2, 0) is 9.53 Å². The first-order chi connectivity index (χ1) is 12.3. The number of benzene rings is 1. The normalized spacial score (nSPS) is 20.6. The number of anilines is 2. The molecule has 6 nitrogen and oxygen atoms in total. The zero-order valence-electron chi connectivity index (χ0n) is 16.2. The number of likely N-dealkylation sites (tertiary alicyclic amines) is 1. The Labute approximate surface area is 155 Å². The molecule has 1 saturated heterocycles. The highest BCUT2D eigenvalue weighted by molar-refractivity contribution is 5.96. The standard InChI is InChI=1S/C20H29N3O3/c1-15(24)21-13-14-22(17-10-6-5-9-16(17)21)18-11-7-8-12-23(18)19(25)26-20(2,3)4/h5-6,9-10,18H,7-8,11-14H2,1-4H3. The number of nitrogens with zero attached hydrogens (tertiary/aromatic N) is 3. The second kappa shape index (κ2) is 7.17. The fourth-order valence-electron chi connectivity index (χ4n) is 3.79. The number of rotatable bonds is 1. The molecule has 1 unspecified atom stereocenters. The lowest BCUT2D eigenvalue weighted by Crippen LogP contribution is -2.57. The first-order valence-corrected chi connectivity index (χ1v) is 9.41. The van der Waals surface area contributed by atoms with Crippen molar-refractivity contribution in [3.8, 4) is 0 Å². The Morgan fingerprint density at radius 2 is 1.73 bits per heavy atom. The molecule has 142 valence electrons. The molecular formula is C20H29N3O3. The van der Waals surface area contributed by atoms with Gasteiger partial charge in [-0.15, -0.1) is 0 Å². The van der Waals surface area contributed by atoms with Crippen LogP contribution < -0.4 is 9.80 Å². The van der Waals surface area contributed by atoms with Crippen LogP contribution in [0.15, 0.2) is 24.3 Å². The van der Waals surface area contributed by atoms with Gasteiger partial charge in [-0.25, -0.2) is 4.79 Å². The molecule has 1 atom stereocenters. The summed E-state index contributed by atoms with van der Waals surface area (Å²) in [6, 6.07) is 7.94. The Balaban J connectivity index is 1.89. The fraction of sp³-hybridized carbons (Fsp3) is 0.600. The van der Waals surface area contributed by atoms with E-state index in [2.05, 4.69) is 4.90 Å². The summed E-state index contributed by atoms with van der Waals surface area (Å²) in [7, 11) is 0. The summed E-state index contributed by atoms with van der Waals surface area (Å²) in [6.45, 7) is 9.32. The smallest absolute Gasteiger partial charge is 0.411 e. The summed E-state index contributed by atoms with van der Waals surface area (Å²) in [5.74, 6) is 0.0461. The van der Waals surface area contributed by atoms with E-state index in [9.17, 15) is 9.59 Å². The van der Waals surface area contributed by atoms with Crippen LogP contribution in [0.25, 0.3) is 0 Å². The number of carbonyl (C=O) groups excluding carboxylic acids is 2. The monoisotopic (exact) mass is 359 g/mol. The highest BCUT2D eigenvalue weighted by Crippen LogP contribution is 2.37. The Bertz CT molecular complexity index is 683. The minimum atomic E-state index is -0.510. The molecule has 2 amide bonds. The number of hydrogen-bond donors (Lipinski definition) is 0. The van der Waals surface area contributed by atoms with E-state index in [0.717, 1.165) is 30.6 Å². The number of ether oxygens (including phenoxy) is 1. The molecule has 0 spiro atoms. The van der Waals surface area contributed by atoms with Gasteiger partial charge >= 0.3 is 6.09 Å². The lowest BCUT2D eigenvalue weighted by atomic mass is 10.0. The molecule has 0 aromatic heterocycles. The number of amides is 2. The average molecular weight is 359 g/mol. The zero-order chi connectivity index (χ0) is 18.9. The maximum Gasteiger partial charge on any atom is 0.411 e. The van der Waals surface area contributed by atoms with Crippen molar-refractivity contribution >= 4 is 23.4 Å². The van der Waals surface area contributed by atoms with Crippen molar-refractivity contribution in [2.45, 2.75) is 58.7 Å². The molecule has 3 rings (SSSR count). The van der Waals surface area contributed by atoms with Gasteiger partial charge in [-0.3, -0.25) is 9.69 Å². The van der Waals surface area contributed by atoms with Crippen LogP contribution in [0.4, 0.5) is 16.2 Å². The van der Waals surface area contributed by atoms with E-state index >= 15 is 0 Å². The quantitative estimate of drug-likeness (QED) is 0.769. The molecule has 0 radical (unpaired) electrons. The molecule has 1 fully saturated rings. The van der Waals surface area contributed by atoms with Crippen molar-refractivity contribution in [3.63, 3.8) is 0 Å². The van der Waals surface area contributed by atoms with Crippen LogP contribution in [0.3, 0.4) is 0 Å². The van der Waals surface area contributed by atoms with E-state index in [4.69, 9.17) is 4.74 Å². The summed E-state index contributed by atoms with van der Waals surface area (Å²) in [5.41, 5.74) is 1.42. The molecule has 0 aliphatic carbocycles. The Hall–Kier alpha value is -2.24. The topological polar surface area (TPSA) is 53.1 Å². The van der Waals surface area contributed by atoms with E-state index in [1.165, 1.54) is 0 Å². The molecular weight excluding hydrogens is 330 g/mol. The van der Waals surface area contributed by atoms with Crippen LogP contribution in [0, 0.1) is 0 Å². The van der Waals surface area contributed by atoms with Crippen LogP contribution in [0.1, 0.15) is 47.0 Å². The minimum absolute atomic E-state index is 0.0335. The molecule has 26 heavy (non-hydrogen) atoms. The third-order valence-electron chi connectivity index (χ3n) is 4.89. The average Bonchev–Trinajstić information content (AvgIpc) is 2.59. The predicted molar refractivity (Wildman–Crippen MR) is 102 cm³/mol. The van der Waals surface area contributed by atoms with Gasteiger partial charge < -0.3 is 14.5 Å². The number of piperidine rings is 1. The third-order valence-corrected chi connectivity index (χ3v) is 4.89. The maximum atomic E-state index is 12.8. The SMILES string of the molecule is CC(=O)N1CCN(C2CCCCN2C(=O)OC(C)(C)C)c2ccccc21. The van der Waals surface area contributed by atoms with E-state index in [0.29, 0.717) is 19.6 Å². The van der Waals surface area contributed by atoms with Crippen molar-refractivity contribution in [1.29, 1.82) is 0 Å². The lowest BCUT2D eigenvalue weighted by Gasteiger charge is -2.47. The van der Waals surface area contributed by atoms with E-state index in [1.54, 1.807) is 6.92 Å². The van der Waals surface area contributed by atoms with Gasteiger partial charge in [0.25, 0.3) is 0 Å². The van der Waals surface area contributed by atoms with Crippen molar-refractivity contribution in [1.82, 2.24) is 4.90 Å².